The molecule has 62 valence electrons. The van der Waals surface area contributed by atoms with Crippen LogP contribution in [0.4, 0.5) is 0 Å². The molecule has 0 aromatic rings. The first kappa shape index (κ1) is 10.2. The van der Waals surface area contributed by atoms with E-state index in [2.05, 4.69) is 12.7 Å². The molecule has 1 nitrogen and oxygen atoms in total. The van der Waals surface area contributed by atoms with Crippen molar-refractivity contribution in [2.75, 3.05) is 0 Å². The second-order valence-electron chi connectivity index (χ2n) is 2.61. The lowest BCUT2D eigenvalue weighted by atomic mass is 10.1. The third-order valence-electron chi connectivity index (χ3n) is 1.42. The van der Waals surface area contributed by atoms with Crippen LogP contribution in [0.5, 0.6) is 0 Å². The van der Waals surface area contributed by atoms with E-state index < -0.39 is 0 Å². The van der Waals surface area contributed by atoms with Crippen molar-refractivity contribution in [1.29, 1.82) is 0 Å². The van der Waals surface area contributed by atoms with Gasteiger partial charge in [0.15, 0.2) is 0 Å². The van der Waals surface area contributed by atoms with Crippen LogP contribution in [0.15, 0.2) is 24.8 Å². The van der Waals surface area contributed by atoms with E-state index in [0.29, 0.717) is 0 Å². The van der Waals surface area contributed by atoms with E-state index in [1.165, 1.54) is 0 Å². The van der Waals surface area contributed by atoms with Gasteiger partial charge in [0.05, 0.1) is 0 Å². The van der Waals surface area contributed by atoms with E-state index in [1.54, 1.807) is 13.0 Å². The first-order valence-electron chi connectivity index (χ1n) is 4.04. The molecule has 0 aliphatic carbocycles. The van der Waals surface area contributed by atoms with Crippen molar-refractivity contribution in [2.24, 2.45) is 0 Å². The fourth-order valence-electron chi connectivity index (χ4n) is 0.829. The van der Waals surface area contributed by atoms with Crippen molar-refractivity contribution in [3.05, 3.63) is 24.8 Å². The number of carbonyl (C=O) groups is 1. The first-order chi connectivity index (χ1) is 5.27. The van der Waals surface area contributed by atoms with Crippen LogP contribution in [0.1, 0.15) is 32.6 Å². The van der Waals surface area contributed by atoms with Crippen LogP contribution in [0.3, 0.4) is 0 Å². The van der Waals surface area contributed by atoms with Gasteiger partial charge in [-0.3, -0.25) is 0 Å². The number of Topliss-reactive ketones (excluding diaryl/α,β-unsaturated/α-hetero) is 1. The van der Waals surface area contributed by atoms with Gasteiger partial charge in [0, 0.05) is 6.42 Å². The monoisotopic (exact) mass is 152 g/mol. The van der Waals surface area contributed by atoms with Crippen molar-refractivity contribution < 1.29 is 4.79 Å². The van der Waals surface area contributed by atoms with E-state index in [9.17, 15) is 4.79 Å². The summed E-state index contributed by atoms with van der Waals surface area (Å²) in [6.07, 6.45) is 9.67. The van der Waals surface area contributed by atoms with E-state index in [1.807, 2.05) is 6.08 Å². The Morgan fingerprint density at radius 1 is 1.45 bits per heavy atom. The Morgan fingerprint density at radius 2 is 2.18 bits per heavy atom. The third kappa shape index (κ3) is 9.15. The van der Waals surface area contributed by atoms with Crippen molar-refractivity contribution in [3.8, 4) is 0 Å². The molecule has 0 saturated heterocycles. The van der Waals surface area contributed by atoms with Crippen LogP contribution in [-0.2, 0) is 4.79 Å². The van der Waals surface area contributed by atoms with Crippen molar-refractivity contribution in [3.63, 3.8) is 0 Å². The summed E-state index contributed by atoms with van der Waals surface area (Å²) in [5.41, 5.74) is 0. The lowest BCUT2D eigenvalue weighted by Gasteiger charge is -1.92. The molecule has 11 heavy (non-hydrogen) atoms. The summed E-state index contributed by atoms with van der Waals surface area (Å²) in [4.78, 5) is 10.5. The summed E-state index contributed by atoms with van der Waals surface area (Å²) in [5, 5.41) is 0. The largest absolute Gasteiger partial charge is 0.300 e. The minimum absolute atomic E-state index is 0.290. The highest BCUT2D eigenvalue weighted by atomic mass is 16.1. The van der Waals surface area contributed by atoms with Crippen LogP contribution in [0.25, 0.3) is 0 Å². The lowest BCUT2D eigenvalue weighted by Crippen LogP contribution is -1.88. The number of allylic oxidation sites excluding steroid dienone is 3. The number of rotatable bonds is 6. The SMILES string of the molecule is C=CC=CCCCCC(C)=O. The van der Waals surface area contributed by atoms with E-state index in [0.717, 1.165) is 25.7 Å². The highest BCUT2D eigenvalue weighted by Gasteiger charge is 1.90. The average molecular weight is 152 g/mol. The zero-order chi connectivity index (χ0) is 8.53. The van der Waals surface area contributed by atoms with Gasteiger partial charge in [0.25, 0.3) is 0 Å². The summed E-state index contributed by atoms with van der Waals surface area (Å²) < 4.78 is 0. The topological polar surface area (TPSA) is 17.1 Å². The standard InChI is InChI=1S/C10H16O/c1-3-4-5-6-7-8-9-10(2)11/h3-5H,1,6-9H2,2H3. The predicted octanol–water partition coefficient (Wildman–Crippen LogP) is 2.88. The minimum atomic E-state index is 0.290. The molecular weight excluding hydrogens is 136 g/mol. The molecular formula is C10H16O. The number of ketones is 1. The van der Waals surface area contributed by atoms with Gasteiger partial charge < -0.3 is 4.79 Å². The molecule has 0 aliphatic rings. The molecule has 0 fully saturated rings. The van der Waals surface area contributed by atoms with Gasteiger partial charge in [-0.05, 0) is 26.2 Å². The van der Waals surface area contributed by atoms with Crippen molar-refractivity contribution in [2.45, 2.75) is 32.6 Å². The molecule has 0 bridgehead atoms. The molecule has 0 heterocycles. The summed E-state index contributed by atoms with van der Waals surface area (Å²) in [5.74, 6) is 0.290. The second kappa shape index (κ2) is 7.26. The molecule has 0 aliphatic heterocycles. The maximum atomic E-state index is 10.5. The first-order valence-corrected chi connectivity index (χ1v) is 4.04. The molecule has 0 aromatic heterocycles. The van der Waals surface area contributed by atoms with Crippen LogP contribution < -0.4 is 0 Å². The number of hydrogen-bond donors (Lipinski definition) is 0. The van der Waals surface area contributed by atoms with E-state index in [-0.39, 0.29) is 5.78 Å². The number of carbonyl (C=O) groups excluding carboxylic acids is 1. The highest BCUT2D eigenvalue weighted by Crippen LogP contribution is 2.00. The Morgan fingerprint density at radius 3 is 2.73 bits per heavy atom. The average Bonchev–Trinajstić information content (AvgIpc) is 1.96. The Hall–Kier alpha value is -0.850. The van der Waals surface area contributed by atoms with Crippen molar-refractivity contribution >= 4 is 5.78 Å². The molecule has 0 spiro atoms. The fraction of sp³-hybridized carbons (Fsp3) is 0.500. The Balaban J connectivity index is 3.08. The van der Waals surface area contributed by atoms with Gasteiger partial charge in [-0.15, -0.1) is 0 Å². The zero-order valence-electron chi connectivity index (χ0n) is 7.18. The second-order valence-corrected chi connectivity index (χ2v) is 2.61. The normalized spacial score (nSPS) is 10.3. The minimum Gasteiger partial charge on any atom is -0.300 e. The van der Waals surface area contributed by atoms with Gasteiger partial charge in [0.2, 0.25) is 0 Å². The summed E-state index contributed by atoms with van der Waals surface area (Å²) >= 11 is 0. The molecule has 0 amide bonds. The molecule has 0 N–H and O–H groups in total. The Kier molecular flexibility index (Phi) is 6.70. The zero-order valence-corrected chi connectivity index (χ0v) is 7.18. The molecule has 0 rings (SSSR count). The molecule has 0 atom stereocenters. The summed E-state index contributed by atoms with van der Waals surface area (Å²) in [6.45, 7) is 5.20. The predicted molar refractivity (Wildman–Crippen MR) is 48.5 cm³/mol. The van der Waals surface area contributed by atoms with Gasteiger partial charge in [0.1, 0.15) is 5.78 Å². The number of hydrogen-bond acceptors (Lipinski definition) is 1. The maximum absolute atomic E-state index is 10.5. The third-order valence-corrected chi connectivity index (χ3v) is 1.42. The van der Waals surface area contributed by atoms with Crippen LogP contribution in [-0.4, -0.2) is 5.78 Å². The molecule has 0 saturated carbocycles. The maximum Gasteiger partial charge on any atom is 0.129 e. The van der Waals surface area contributed by atoms with Gasteiger partial charge in [-0.1, -0.05) is 24.8 Å². The van der Waals surface area contributed by atoms with Gasteiger partial charge in [-0.2, -0.15) is 0 Å². The fourth-order valence-corrected chi connectivity index (χ4v) is 0.829. The van der Waals surface area contributed by atoms with E-state index in [4.69, 9.17) is 0 Å². The summed E-state index contributed by atoms with van der Waals surface area (Å²) in [7, 11) is 0. The van der Waals surface area contributed by atoms with Crippen LogP contribution in [0, 0.1) is 0 Å². The molecule has 0 unspecified atom stereocenters. The van der Waals surface area contributed by atoms with E-state index >= 15 is 0 Å². The summed E-state index contributed by atoms with van der Waals surface area (Å²) in [6, 6.07) is 0. The van der Waals surface area contributed by atoms with Crippen molar-refractivity contribution in [1.82, 2.24) is 0 Å². The quantitative estimate of drug-likeness (QED) is 0.422. The van der Waals surface area contributed by atoms with Gasteiger partial charge >= 0.3 is 0 Å². The smallest absolute Gasteiger partial charge is 0.129 e. The van der Waals surface area contributed by atoms with Gasteiger partial charge in [-0.25, -0.2) is 0 Å². The molecule has 1 heteroatoms. The number of unbranched alkanes of at least 4 members (excludes halogenated alkanes) is 2. The Labute approximate surface area is 68.8 Å². The molecule has 0 aromatic carbocycles. The Bertz CT molecular complexity index is 145. The van der Waals surface area contributed by atoms with Crippen LogP contribution >= 0.6 is 0 Å². The molecule has 0 radical (unpaired) electrons. The lowest BCUT2D eigenvalue weighted by molar-refractivity contribution is -0.117. The van der Waals surface area contributed by atoms with Crippen LogP contribution in [0.2, 0.25) is 0 Å². The highest BCUT2D eigenvalue weighted by molar-refractivity contribution is 5.75.